The van der Waals surface area contributed by atoms with Crippen molar-refractivity contribution in [2.24, 2.45) is 0 Å². The second-order valence-corrected chi connectivity index (χ2v) is 7.08. The minimum atomic E-state index is -0.173. The van der Waals surface area contributed by atoms with Crippen LogP contribution in [0.3, 0.4) is 0 Å². The summed E-state index contributed by atoms with van der Waals surface area (Å²) in [7, 11) is 0. The molecule has 3 rings (SSSR count). The first-order valence-corrected chi connectivity index (χ1v) is 8.86. The minimum absolute atomic E-state index is 0.00101. The molecule has 0 saturated heterocycles. The third-order valence-electron chi connectivity index (χ3n) is 3.74. The van der Waals surface area contributed by atoms with Crippen LogP contribution in [0.5, 0.6) is 0 Å². The summed E-state index contributed by atoms with van der Waals surface area (Å²) < 4.78 is 0. The van der Waals surface area contributed by atoms with Crippen molar-refractivity contribution in [3.8, 4) is 0 Å². The van der Waals surface area contributed by atoms with Crippen molar-refractivity contribution in [2.75, 3.05) is 5.75 Å². The van der Waals surface area contributed by atoms with E-state index in [9.17, 15) is 4.79 Å². The maximum absolute atomic E-state index is 12.2. The van der Waals surface area contributed by atoms with Crippen LogP contribution < -0.4 is 10.6 Å². The normalized spacial score (nSPS) is 16.5. The van der Waals surface area contributed by atoms with Crippen LogP contribution >= 0.6 is 23.4 Å². The van der Waals surface area contributed by atoms with Crippen molar-refractivity contribution in [3.63, 3.8) is 0 Å². The van der Waals surface area contributed by atoms with Crippen molar-refractivity contribution in [1.29, 1.82) is 0 Å². The first-order valence-electron chi connectivity index (χ1n) is 7.50. The van der Waals surface area contributed by atoms with E-state index in [2.05, 4.69) is 15.6 Å². The molecular formula is C17H18ClN3OS. The highest BCUT2D eigenvalue weighted by Gasteiger charge is 2.22. The lowest BCUT2D eigenvalue weighted by molar-refractivity contribution is 0.236. The highest BCUT2D eigenvalue weighted by Crippen LogP contribution is 2.37. The summed E-state index contributed by atoms with van der Waals surface area (Å²) in [6.07, 6.45) is 2.68. The van der Waals surface area contributed by atoms with Crippen LogP contribution in [0.2, 0.25) is 5.02 Å². The molecule has 2 N–H and O–H groups in total. The van der Waals surface area contributed by atoms with E-state index in [0.29, 0.717) is 11.6 Å². The number of nitrogens with zero attached hydrogens (tertiary/aromatic N) is 1. The topological polar surface area (TPSA) is 54.0 Å². The largest absolute Gasteiger partial charge is 0.334 e. The highest BCUT2D eigenvalue weighted by molar-refractivity contribution is 7.99. The first-order chi connectivity index (χ1) is 11.1. The molecule has 0 fully saturated rings. The lowest BCUT2D eigenvalue weighted by Crippen LogP contribution is -2.38. The van der Waals surface area contributed by atoms with E-state index >= 15 is 0 Å². The summed E-state index contributed by atoms with van der Waals surface area (Å²) in [6.45, 7) is 2.40. The van der Waals surface area contributed by atoms with Crippen molar-refractivity contribution < 1.29 is 4.79 Å². The Bertz CT molecular complexity index is 705. The van der Waals surface area contributed by atoms with Crippen LogP contribution in [0.15, 0.2) is 41.4 Å². The molecule has 1 aromatic carbocycles. The molecule has 120 valence electrons. The lowest BCUT2D eigenvalue weighted by Gasteiger charge is -2.26. The Kier molecular flexibility index (Phi) is 5.08. The molecule has 0 unspecified atom stereocenters. The fourth-order valence-corrected chi connectivity index (χ4v) is 3.80. The summed E-state index contributed by atoms with van der Waals surface area (Å²) >= 11 is 7.89. The molecule has 1 aliphatic rings. The van der Waals surface area contributed by atoms with Crippen LogP contribution in [0.25, 0.3) is 0 Å². The molecule has 0 radical (unpaired) electrons. The molecule has 2 heterocycles. The summed E-state index contributed by atoms with van der Waals surface area (Å²) in [5.74, 6) is 0.988. The predicted octanol–water partition coefficient (Wildman–Crippen LogP) is 4.08. The monoisotopic (exact) mass is 347 g/mol. The molecule has 0 aliphatic carbocycles. The van der Waals surface area contributed by atoms with Gasteiger partial charge in [0.25, 0.3) is 0 Å². The molecule has 1 aliphatic heterocycles. The zero-order valence-electron chi connectivity index (χ0n) is 12.8. The van der Waals surface area contributed by atoms with Crippen LogP contribution in [0.4, 0.5) is 4.79 Å². The third kappa shape index (κ3) is 4.18. The number of hydrogen-bond donors (Lipinski definition) is 2. The van der Waals surface area contributed by atoms with E-state index in [1.54, 1.807) is 18.0 Å². The summed E-state index contributed by atoms with van der Waals surface area (Å²) in [4.78, 5) is 17.6. The molecule has 1 aromatic heterocycles. The maximum Gasteiger partial charge on any atom is 0.315 e. The molecule has 4 nitrogen and oxygen atoms in total. The Morgan fingerprint density at radius 2 is 2.26 bits per heavy atom. The third-order valence-corrected chi connectivity index (χ3v) is 5.10. The van der Waals surface area contributed by atoms with E-state index < -0.39 is 0 Å². The number of pyridine rings is 1. The first kappa shape index (κ1) is 16.1. The number of thioether (sulfide) groups is 1. The van der Waals surface area contributed by atoms with E-state index in [-0.39, 0.29) is 12.1 Å². The predicted molar refractivity (Wildman–Crippen MR) is 93.9 cm³/mol. The van der Waals surface area contributed by atoms with Gasteiger partial charge in [0.1, 0.15) is 0 Å². The zero-order valence-corrected chi connectivity index (χ0v) is 14.4. The standard InChI is InChI=1S/C17H18ClN3OS/c1-11-2-3-12(9-19-11)10-20-17(22)21-15-6-7-23-16-5-4-13(18)8-14(15)16/h2-5,8-9,15H,6-7,10H2,1H3,(H2,20,21,22)/t15-/m1/s1. The minimum Gasteiger partial charge on any atom is -0.334 e. The molecule has 0 saturated carbocycles. The molecule has 2 aromatic rings. The van der Waals surface area contributed by atoms with Crippen LogP contribution in [-0.4, -0.2) is 16.8 Å². The number of rotatable bonds is 3. The number of urea groups is 1. The van der Waals surface area contributed by atoms with Gasteiger partial charge in [0.05, 0.1) is 6.04 Å². The number of carbonyl (C=O) groups excluding carboxylic acids is 1. The number of aryl methyl sites for hydroxylation is 1. The molecule has 23 heavy (non-hydrogen) atoms. The SMILES string of the molecule is Cc1ccc(CNC(=O)N[C@@H]2CCSc3ccc(Cl)cc32)cn1. The molecule has 2 amide bonds. The van der Waals surface area contributed by atoms with Gasteiger partial charge in [-0.1, -0.05) is 17.7 Å². The van der Waals surface area contributed by atoms with Gasteiger partial charge in [-0.25, -0.2) is 4.79 Å². The Morgan fingerprint density at radius 3 is 3.04 bits per heavy atom. The molecule has 0 bridgehead atoms. The van der Waals surface area contributed by atoms with Gasteiger partial charge in [0, 0.05) is 34.1 Å². The Hall–Kier alpha value is -1.72. The van der Waals surface area contributed by atoms with Gasteiger partial charge < -0.3 is 10.6 Å². The van der Waals surface area contributed by atoms with Gasteiger partial charge in [-0.15, -0.1) is 11.8 Å². The quantitative estimate of drug-likeness (QED) is 0.879. The zero-order chi connectivity index (χ0) is 16.2. The second kappa shape index (κ2) is 7.23. The molecule has 1 atom stereocenters. The average molecular weight is 348 g/mol. The van der Waals surface area contributed by atoms with Gasteiger partial charge in [0.2, 0.25) is 0 Å². The van der Waals surface area contributed by atoms with Crippen molar-refractivity contribution in [2.45, 2.75) is 30.8 Å². The van der Waals surface area contributed by atoms with E-state index in [1.165, 1.54) is 4.90 Å². The van der Waals surface area contributed by atoms with Crippen LogP contribution in [0.1, 0.15) is 29.3 Å². The van der Waals surface area contributed by atoms with Gasteiger partial charge in [-0.05, 0) is 48.7 Å². The summed E-state index contributed by atoms with van der Waals surface area (Å²) in [5.41, 5.74) is 3.04. The number of hydrogen-bond acceptors (Lipinski definition) is 3. The number of nitrogens with one attached hydrogen (secondary N) is 2. The number of carbonyl (C=O) groups is 1. The van der Waals surface area contributed by atoms with Crippen LogP contribution in [-0.2, 0) is 6.54 Å². The fraction of sp³-hybridized carbons (Fsp3) is 0.294. The molecule has 6 heteroatoms. The number of halogens is 1. The van der Waals surface area contributed by atoms with E-state index in [1.807, 2.05) is 37.3 Å². The summed E-state index contributed by atoms with van der Waals surface area (Å²) in [5, 5.41) is 6.62. The Balaban J connectivity index is 1.60. The summed E-state index contributed by atoms with van der Waals surface area (Å²) in [6, 6.07) is 9.58. The number of aromatic nitrogens is 1. The van der Waals surface area contributed by atoms with Crippen molar-refractivity contribution in [3.05, 3.63) is 58.4 Å². The van der Waals surface area contributed by atoms with E-state index in [4.69, 9.17) is 11.6 Å². The molecule has 0 spiro atoms. The number of fused-ring (bicyclic) bond motifs is 1. The van der Waals surface area contributed by atoms with Crippen molar-refractivity contribution >= 4 is 29.4 Å². The van der Waals surface area contributed by atoms with Gasteiger partial charge in [-0.2, -0.15) is 0 Å². The second-order valence-electron chi connectivity index (χ2n) is 5.51. The van der Waals surface area contributed by atoms with Gasteiger partial charge in [-0.3, -0.25) is 4.98 Å². The lowest BCUT2D eigenvalue weighted by atomic mass is 10.0. The van der Waals surface area contributed by atoms with E-state index in [0.717, 1.165) is 29.0 Å². The fourth-order valence-electron chi connectivity index (χ4n) is 2.51. The average Bonchev–Trinajstić information content (AvgIpc) is 2.55. The van der Waals surface area contributed by atoms with Gasteiger partial charge >= 0.3 is 6.03 Å². The highest BCUT2D eigenvalue weighted by atomic mass is 35.5. The van der Waals surface area contributed by atoms with Crippen LogP contribution in [0, 0.1) is 6.92 Å². The molecular weight excluding hydrogens is 330 g/mol. The maximum atomic E-state index is 12.2. The Morgan fingerprint density at radius 1 is 1.39 bits per heavy atom. The Labute approximate surface area is 145 Å². The smallest absolute Gasteiger partial charge is 0.315 e. The van der Waals surface area contributed by atoms with Gasteiger partial charge in [0.15, 0.2) is 0 Å². The number of benzene rings is 1. The number of amides is 2. The van der Waals surface area contributed by atoms with Crippen molar-refractivity contribution in [1.82, 2.24) is 15.6 Å².